The van der Waals surface area contributed by atoms with Crippen LogP contribution >= 0.6 is 11.8 Å². The van der Waals surface area contributed by atoms with E-state index >= 15 is 0 Å². The summed E-state index contributed by atoms with van der Waals surface area (Å²) in [4.78, 5) is 0. The van der Waals surface area contributed by atoms with E-state index in [2.05, 4.69) is 57.3 Å². The van der Waals surface area contributed by atoms with E-state index in [1.165, 1.54) is 16.9 Å². The van der Waals surface area contributed by atoms with Crippen LogP contribution in [-0.2, 0) is 5.75 Å². The highest BCUT2D eigenvalue weighted by Gasteiger charge is 2.04. The Morgan fingerprint density at radius 1 is 1.18 bits per heavy atom. The quantitative estimate of drug-likeness (QED) is 0.739. The maximum Gasteiger partial charge on any atom is 0.0187 e. The number of rotatable bonds is 7. The lowest BCUT2D eigenvalue weighted by atomic mass is 10.1. The average molecular weight is 251 g/mol. The number of hydrogen-bond donors (Lipinski definition) is 1. The fourth-order valence-electron chi connectivity index (χ4n) is 1.55. The zero-order chi connectivity index (χ0) is 12.7. The van der Waals surface area contributed by atoms with Crippen LogP contribution in [0.2, 0.25) is 0 Å². The lowest BCUT2D eigenvalue weighted by molar-refractivity contribution is 0.438. The number of benzene rings is 1. The van der Waals surface area contributed by atoms with Crippen LogP contribution in [0.4, 0.5) is 0 Å². The number of hydrogen-bond acceptors (Lipinski definition) is 2. The molecule has 0 saturated heterocycles. The van der Waals surface area contributed by atoms with Crippen molar-refractivity contribution in [3.63, 3.8) is 0 Å². The van der Waals surface area contributed by atoms with E-state index in [9.17, 15) is 0 Å². The molecule has 0 saturated carbocycles. The Hall–Kier alpha value is -0.470. The number of aryl methyl sites for hydroxylation is 1. The summed E-state index contributed by atoms with van der Waals surface area (Å²) < 4.78 is 0. The van der Waals surface area contributed by atoms with Gasteiger partial charge in [-0.05, 0) is 30.9 Å². The van der Waals surface area contributed by atoms with Gasteiger partial charge in [0.25, 0.3) is 0 Å². The van der Waals surface area contributed by atoms with Crippen LogP contribution in [0, 0.1) is 12.8 Å². The summed E-state index contributed by atoms with van der Waals surface area (Å²) >= 11 is 2.01. The van der Waals surface area contributed by atoms with E-state index in [1.54, 1.807) is 0 Å². The third-order valence-corrected chi connectivity index (χ3v) is 4.24. The van der Waals surface area contributed by atoms with Crippen LogP contribution in [0.25, 0.3) is 0 Å². The first-order chi connectivity index (χ1) is 8.11. The summed E-state index contributed by atoms with van der Waals surface area (Å²) in [7, 11) is 0. The molecule has 0 spiro atoms. The molecule has 96 valence electrons. The summed E-state index contributed by atoms with van der Waals surface area (Å²) in [5.41, 5.74) is 2.87. The van der Waals surface area contributed by atoms with Crippen LogP contribution in [0.1, 0.15) is 31.9 Å². The minimum atomic E-state index is 0.620. The molecule has 0 aliphatic carbocycles. The third-order valence-electron chi connectivity index (χ3n) is 3.23. The monoisotopic (exact) mass is 251 g/mol. The zero-order valence-electron chi connectivity index (χ0n) is 11.5. The summed E-state index contributed by atoms with van der Waals surface area (Å²) in [6.07, 6.45) is 0. The van der Waals surface area contributed by atoms with Crippen molar-refractivity contribution in [2.75, 3.05) is 12.3 Å². The first-order valence-electron chi connectivity index (χ1n) is 6.47. The molecule has 1 nitrogen and oxygen atoms in total. The molecule has 0 aliphatic heterocycles. The molecule has 0 amide bonds. The SMILES string of the molecule is Cc1ccccc1CSCCNC(C)C(C)C. The minimum Gasteiger partial charge on any atom is -0.313 e. The van der Waals surface area contributed by atoms with Crippen LogP contribution in [-0.4, -0.2) is 18.3 Å². The first kappa shape index (κ1) is 14.6. The largest absolute Gasteiger partial charge is 0.313 e. The van der Waals surface area contributed by atoms with Crippen molar-refractivity contribution in [1.29, 1.82) is 0 Å². The fraction of sp³-hybridized carbons (Fsp3) is 0.600. The Balaban J connectivity index is 2.15. The third kappa shape index (κ3) is 5.60. The summed E-state index contributed by atoms with van der Waals surface area (Å²) in [6.45, 7) is 10.1. The second-order valence-corrected chi connectivity index (χ2v) is 6.07. The Bertz CT molecular complexity index is 322. The van der Waals surface area contributed by atoms with E-state index in [0.717, 1.165) is 18.2 Å². The van der Waals surface area contributed by atoms with Crippen molar-refractivity contribution in [1.82, 2.24) is 5.32 Å². The Kier molecular flexibility index (Phi) is 6.68. The van der Waals surface area contributed by atoms with Crippen LogP contribution in [0.5, 0.6) is 0 Å². The highest BCUT2D eigenvalue weighted by atomic mass is 32.2. The van der Waals surface area contributed by atoms with Gasteiger partial charge in [0.15, 0.2) is 0 Å². The summed E-state index contributed by atoms with van der Waals surface area (Å²) in [6, 6.07) is 9.27. The summed E-state index contributed by atoms with van der Waals surface area (Å²) in [5.74, 6) is 3.03. The molecule has 1 aromatic carbocycles. The zero-order valence-corrected chi connectivity index (χ0v) is 12.3. The van der Waals surface area contributed by atoms with Crippen LogP contribution in [0.3, 0.4) is 0 Å². The standard InChI is InChI=1S/C15H25NS/c1-12(2)14(4)16-9-10-17-11-15-8-6-5-7-13(15)3/h5-8,12,14,16H,9-11H2,1-4H3. The fourth-order valence-corrected chi connectivity index (χ4v) is 2.50. The average Bonchev–Trinajstić information content (AvgIpc) is 2.30. The molecular formula is C15H25NS. The molecule has 0 bridgehead atoms. The molecule has 0 aliphatic rings. The highest BCUT2D eigenvalue weighted by Crippen LogP contribution is 2.15. The second kappa shape index (κ2) is 7.78. The van der Waals surface area contributed by atoms with Gasteiger partial charge in [-0.1, -0.05) is 38.1 Å². The number of nitrogens with one attached hydrogen (secondary N) is 1. The predicted octanol–water partition coefficient (Wildman–Crippen LogP) is 3.86. The van der Waals surface area contributed by atoms with Gasteiger partial charge in [-0.15, -0.1) is 0 Å². The van der Waals surface area contributed by atoms with Gasteiger partial charge in [0, 0.05) is 24.1 Å². The molecule has 0 aromatic heterocycles. The van der Waals surface area contributed by atoms with Crippen LogP contribution in [0.15, 0.2) is 24.3 Å². The van der Waals surface area contributed by atoms with E-state index < -0.39 is 0 Å². The van der Waals surface area contributed by atoms with Gasteiger partial charge in [0.2, 0.25) is 0 Å². The van der Waals surface area contributed by atoms with Crippen molar-refractivity contribution in [3.05, 3.63) is 35.4 Å². The normalized spacial score (nSPS) is 13.0. The van der Waals surface area contributed by atoms with Crippen molar-refractivity contribution in [2.24, 2.45) is 5.92 Å². The highest BCUT2D eigenvalue weighted by molar-refractivity contribution is 7.98. The molecule has 1 unspecified atom stereocenters. The Labute approximate surface area is 110 Å². The van der Waals surface area contributed by atoms with Gasteiger partial charge in [-0.3, -0.25) is 0 Å². The van der Waals surface area contributed by atoms with E-state index in [0.29, 0.717) is 6.04 Å². The predicted molar refractivity (Wildman–Crippen MR) is 79.6 cm³/mol. The van der Waals surface area contributed by atoms with Gasteiger partial charge in [-0.2, -0.15) is 11.8 Å². The maximum atomic E-state index is 3.56. The molecular weight excluding hydrogens is 226 g/mol. The first-order valence-corrected chi connectivity index (χ1v) is 7.62. The van der Waals surface area contributed by atoms with Crippen LogP contribution < -0.4 is 5.32 Å². The Morgan fingerprint density at radius 2 is 1.88 bits per heavy atom. The molecule has 1 aromatic rings. The van der Waals surface area contributed by atoms with Gasteiger partial charge < -0.3 is 5.32 Å². The minimum absolute atomic E-state index is 0.620. The van der Waals surface area contributed by atoms with Gasteiger partial charge >= 0.3 is 0 Å². The molecule has 2 heteroatoms. The Morgan fingerprint density at radius 3 is 2.53 bits per heavy atom. The van der Waals surface area contributed by atoms with Crippen molar-refractivity contribution in [3.8, 4) is 0 Å². The van der Waals surface area contributed by atoms with E-state index in [4.69, 9.17) is 0 Å². The van der Waals surface area contributed by atoms with Crippen molar-refractivity contribution >= 4 is 11.8 Å². The lowest BCUT2D eigenvalue weighted by Crippen LogP contribution is -2.32. The van der Waals surface area contributed by atoms with Gasteiger partial charge in [-0.25, -0.2) is 0 Å². The van der Waals surface area contributed by atoms with Gasteiger partial charge in [0.1, 0.15) is 0 Å². The van der Waals surface area contributed by atoms with Gasteiger partial charge in [0.05, 0.1) is 0 Å². The van der Waals surface area contributed by atoms with E-state index in [-0.39, 0.29) is 0 Å². The number of thioether (sulfide) groups is 1. The molecule has 17 heavy (non-hydrogen) atoms. The maximum absolute atomic E-state index is 3.56. The molecule has 1 atom stereocenters. The second-order valence-electron chi connectivity index (χ2n) is 4.97. The smallest absolute Gasteiger partial charge is 0.0187 e. The van der Waals surface area contributed by atoms with Crippen molar-refractivity contribution in [2.45, 2.75) is 39.5 Å². The lowest BCUT2D eigenvalue weighted by Gasteiger charge is -2.17. The summed E-state index contributed by atoms with van der Waals surface area (Å²) in [5, 5.41) is 3.56. The topological polar surface area (TPSA) is 12.0 Å². The molecule has 0 fully saturated rings. The van der Waals surface area contributed by atoms with E-state index in [1.807, 2.05) is 11.8 Å². The van der Waals surface area contributed by atoms with Crippen molar-refractivity contribution < 1.29 is 0 Å². The molecule has 1 N–H and O–H groups in total. The molecule has 1 rings (SSSR count). The molecule has 0 radical (unpaired) electrons. The molecule has 0 heterocycles.